The summed E-state index contributed by atoms with van der Waals surface area (Å²) in [6.07, 6.45) is 1.53. The van der Waals surface area contributed by atoms with Crippen molar-refractivity contribution in [3.05, 3.63) is 18.1 Å². The zero-order chi connectivity index (χ0) is 20.3. The van der Waals surface area contributed by atoms with Crippen LogP contribution in [0, 0.1) is 0 Å². The van der Waals surface area contributed by atoms with Crippen LogP contribution in [0.5, 0.6) is 0 Å². The van der Waals surface area contributed by atoms with Crippen LogP contribution >= 0.6 is 0 Å². The van der Waals surface area contributed by atoms with Gasteiger partial charge in [-0.25, -0.2) is 4.98 Å². The molecule has 0 aromatic carbocycles. The van der Waals surface area contributed by atoms with E-state index in [1.165, 1.54) is 6.33 Å². The number of nitrogens with two attached hydrogens (primary N) is 1. The van der Waals surface area contributed by atoms with Crippen LogP contribution in [0.25, 0.3) is 11.2 Å². The molecule has 3 heterocycles. The number of rotatable bonds is 7. The van der Waals surface area contributed by atoms with Gasteiger partial charge in [-0.2, -0.15) is 15.1 Å². The largest absolute Gasteiger partial charge is 0.383 e. The summed E-state index contributed by atoms with van der Waals surface area (Å²) < 4.78 is 6.63. The lowest BCUT2D eigenvalue weighted by atomic mass is 9.92. The molecule has 0 aliphatic carbocycles. The highest BCUT2D eigenvalue weighted by Gasteiger charge is 2.18. The number of hydrogen-bond acceptors (Lipinski definition) is 8. The van der Waals surface area contributed by atoms with Gasteiger partial charge in [0.15, 0.2) is 22.8 Å². The summed E-state index contributed by atoms with van der Waals surface area (Å²) >= 11 is 0. The number of nitrogen functional groups attached to an aromatic ring is 1. The molecule has 0 aliphatic heterocycles. The molecule has 1 amide bonds. The number of ether oxygens (including phenoxy) is 1. The Labute approximate surface area is 162 Å². The third-order valence-corrected chi connectivity index (χ3v) is 4.05. The van der Waals surface area contributed by atoms with Crippen LogP contribution in [0.3, 0.4) is 0 Å². The maximum atomic E-state index is 12.4. The van der Waals surface area contributed by atoms with Gasteiger partial charge in [-0.3, -0.25) is 9.89 Å². The molecule has 3 aromatic heterocycles. The maximum absolute atomic E-state index is 12.4. The average molecular weight is 387 g/mol. The van der Waals surface area contributed by atoms with Crippen LogP contribution in [0.15, 0.2) is 12.4 Å². The first-order valence-corrected chi connectivity index (χ1v) is 8.85. The topological polar surface area (TPSA) is 149 Å². The fraction of sp³-hybridized carbons (Fsp3) is 0.471. The van der Waals surface area contributed by atoms with E-state index >= 15 is 0 Å². The van der Waals surface area contributed by atoms with Gasteiger partial charge in [-0.05, 0) is 0 Å². The van der Waals surface area contributed by atoms with E-state index in [1.807, 2.05) is 6.07 Å². The predicted octanol–water partition coefficient (Wildman–Crippen LogP) is 1.13. The van der Waals surface area contributed by atoms with Crippen molar-refractivity contribution in [3.63, 3.8) is 0 Å². The number of aromatic nitrogens is 6. The second kappa shape index (κ2) is 7.80. The molecule has 0 spiro atoms. The van der Waals surface area contributed by atoms with E-state index in [9.17, 15) is 4.79 Å². The molecule has 11 nitrogen and oxygen atoms in total. The first kappa shape index (κ1) is 19.5. The highest BCUT2D eigenvalue weighted by atomic mass is 16.5. The van der Waals surface area contributed by atoms with E-state index in [2.05, 4.69) is 56.6 Å². The lowest BCUT2D eigenvalue weighted by Gasteiger charge is -2.14. The lowest BCUT2D eigenvalue weighted by molar-refractivity contribution is -0.116. The third kappa shape index (κ3) is 4.36. The van der Waals surface area contributed by atoms with Crippen LogP contribution in [0.4, 0.5) is 17.6 Å². The SMILES string of the molecule is COCCNc1nc(N)nc2c1ncn2CC(=O)Nc1cc(C(C)(C)C)[nH]n1. The lowest BCUT2D eigenvalue weighted by Crippen LogP contribution is -2.19. The second-order valence-corrected chi connectivity index (χ2v) is 7.36. The van der Waals surface area contributed by atoms with Crippen molar-refractivity contribution < 1.29 is 9.53 Å². The summed E-state index contributed by atoms with van der Waals surface area (Å²) in [4.78, 5) is 25.1. The maximum Gasteiger partial charge on any atom is 0.245 e. The quantitative estimate of drug-likeness (QED) is 0.441. The number of imidazole rings is 1. The number of fused-ring (bicyclic) bond motifs is 1. The van der Waals surface area contributed by atoms with Gasteiger partial charge in [0.2, 0.25) is 11.9 Å². The fourth-order valence-corrected chi connectivity index (χ4v) is 2.58. The number of aromatic amines is 1. The summed E-state index contributed by atoms with van der Waals surface area (Å²) in [6, 6.07) is 1.82. The van der Waals surface area contributed by atoms with Crippen LogP contribution in [-0.4, -0.2) is 55.9 Å². The van der Waals surface area contributed by atoms with Crippen molar-refractivity contribution in [2.45, 2.75) is 32.7 Å². The molecule has 0 saturated heterocycles. The molecule has 0 bridgehead atoms. The average Bonchev–Trinajstić information content (AvgIpc) is 3.22. The minimum atomic E-state index is -0.252. The van der Waals surface area contributed by atoms with Gasteiger partial charge in [0, 0.05) is 30.8 Å². The Morgan fingerprint density at radius 1 is 1.36 bits per heavy atom. The summed E-state index contributed by atoms with van der Waals surface area (Å²) in [5, 5.41) is 13.0. The van der Waals surface area contributed by atoms with Crippen molar-refractivity contribution in [2.24, 2.45) is 0 Å². The number of hydrogen-bond donors (Lipinski definition) is 4. The van der Waals surface area contributed by atoms with E-state index in [1.54, 1.807) is 11.7 Å². The van der Waals surface area contributed by atoms with Crippen LogP contribution < -0.4 is 16.4 Å². The summed E-state index contributed by atoms with van der Waals surface area (Å²) in [5.74, 6) is 0.810. The van der Waals surface area contributed by atoms with E-state index < -0.39 is 0 Å². The Balaban J connectivity index is 1.75. The molecule has 0 radical (unpaired) electrons. The van der Waals surface area contributed by atoms with Crippen LogP contribution in [0.1, 0.15) is 26.5 Å². The van der Waals surface area contributed by atoms with Gasteiger partial charge in [0.25, 0.3) is 0 Å². The Hall–Kier alpha value is -3.21. The van der Waals surface area contributed by atoms with E-state index in [4.69, 9.17) is 10.5 Å². The number of carbonyl (C=O) groups is 1. The highest BCUT2D eigenvalue weighted by molar-refractivity contribution is 5.91. The van der Waals surface area contributed by atoms with Gasteiger partial charge in [-0.1, -0.05) is 20.8 Å². The Bertz CT molecular complexity index is 971. The highest BCUT2D eigenvalue weighted by Crippen LogP contribution is 2.22. The molecule has 0 fully saturated rings. The number of nitrogens with zero attached hydrogens (tertiary/aromatic N) is 5. The second-order valence-electron chi connectivity index (χ2n) is 7.36. The van der Waals surface area contributed by atoms with Crippen molar-refractivity contribution in [1.29, 1.82) is 0 Å². The smallest absolute Gasteiger partial charge is 0.245 e. The van der Waals surface area contributed by atoms with E-state index in [-0.39, 0.29) is 23.8 Å². The minimum Gasteiger partial charge on any atom is -0.383 e. The van der Waals surface area contributed by atoms with Crippen molar-refractivity contribution >= 4 is 34.7 Å². The molecule has 28 heavy (non-hydrogen) atoms. The molecule has 0 unspecified atom stereocenters. The number of carbonyl (C=O) groups excluding carboxylic acids is 1. The standard InChI is InChI=1S/C17H25N9O2/c1-17(2,3)10-7-11(25-24-10)21-12(27)8-26-9-20-13-14(19-5-6-28-4)22-16(18)23-15(13)26/h7,9H,5-6,8H2,1-4H3,(H3,18,19,22,23)(H2,21,24,25,27). The molecule has 0 atom stereocenters. The zero-order valence-corrected chi connectivity index (χ0v) is 16.4. The third-order valence-electron chi connectivity index (χ3n) is 4.05. The number of methoxy groups -OCH3 is 1. The number of H-pyrrole nitrogens is 1. The van der Waals surface area contributed by atoms with E-state index in [0.29, 0.717) is 36.0 Å². The Morgan fingerprint density at radius 2 is 2.14 bits per heavy atom. The molecule has 11 heteroatoms. The normalized spacial score (nSPS) is 11.7. The van der Waals surface area contributed by atoms with Gasteiger partial charge >= 0.3 is 0 Å². The van der Waals surface area contributed by atoms with Crippen molar-refractivity contribution in [2.75, 3.05) is 36.6 Å². The molecular formula is C17H25N9O2. The predicted molar refractivity (Wildman–Crippen MR) is 106 cm³/mol. The van der Waals surface area contributed by atoms with Gasteiger partial charge in [-0.15, -0.1) is 0 Å². The molecule has 3 aromatic rings. The molecular weight excluding hydrogens is 362 g/mol. The molecule has 150 valence electrons. The van der Waals surface area contributed by atoms with Gasteiger partial charge in [0.05, 0.1) is 12.9 Å². The number of amides is 1. The van der Waals surface area contributed by atoms with Crippen LogP contribution in [0.2, 0.25) is 0 Å². The first-order chi connectivity index (χ1) is 13.3. The molecule has 3 rings (SSSR count). The summed E-state index contributed by atoms with van der Waals surface area (Å²) in [6.45, 7) is 7.26. The van der Waals surface area contributed by atoms with E-state index in [0.717, 1.165) is 5.69 Å². The molecule has 0 saturated carbocycles. The monoisotopic (exact) mass is 387 g/mol. The van der Waals surface area contributed by atoms with Crippen molar-refractivity contribution in [3.8, 4) is 0 Å². The Kier molecular flexibility index (Phi) is 5.45. The number of nitrogens with one attached hydrogen (secondary N) is 3. The van der Waals surface area contributed by atoms with Gasteiger partial charge < -0.3 is 25.7 Å². The number of anilines is 3. The molecule has 0 aliphatic rings. The van der Waals surface area contributed by atoms with Crippen LogP contribution in [-0.2, 0) is 21.5 Å². The van der Waals surface area contributed by atoms with Gasteiger partial charge in [0.1, 0.15) is 6.54 Å². The van der Waals surface area contributed by atoms with Crippen molar-refractivity contribution in [1.82, 2.24) is 29.7 Å². The summed E-state index contributed by atoms with van der Waals surface area (Å²) in [7, 11) is 1.61. The minimum absolute atomic E-state index is 0.0160. The first-order valence-electron chi connectivity index (χ1n) is 8.85. The summed E-state index contributed by atoms with van der Waals surface area (Å²) in [5.41, 5.74) is 7.66. The zero-order valence-electron chi connectivity index (χ0n) is 16.4. The Morgan fingerprint density at radius 3 is 2.82 bits per heavy atom. The molecule has 5 N–H and O–H groups in total. The fourth-order valence-electron chi connectivity index (χ4n) is 2.58.